The molecule has 0 saturated carbocycles. The Hall–Kier alpha value is -3.55. The Morgan fingerprint density at radius 1 is 1.10 bits per heavy atom. The molecule has 0 atom stereocenters. The van der Waals surface area contributed by atoms with E-state index in [1.54, 1.807) is 10.6 Å². The molecule has 0 unspecified atom stereocenters. The fraction of sp³-hybridized carbons (Fsp3) is 0.261. The fourth-order valence-electron chi connectivity index (χ4n) is 3.20. The standard InChI is InChI=1S/C23H23F2N3O3/c1-14(2)8-16-10-20(28(13-16)12-15-4-6-18(24)19(25)9-15)22(29)27-21-7-5-17(11-26-21)23(30)31-3/h4-7,9-11,13-14H,8,12H2,1-3H3,(H,26,27,29). The summed E-state index contributed by atoms with van der Waals surface area (Å²) in [5, 5.41) is 2.70. The van der Waals surface area contributed by atoms with Crippen LogP contribution in [0, 0.1) is 17.6 Å². The van der Waals surface area contributed by atoms with E-state index < -0.39 is 23.5 Å². The van der Waals surface area contributed by atoms with Gasteiger partial charge >= 0.3 is 5.97 Å². The average molecular weight is 427 g/mol. The Morgan fingerprint density at radius 2 is 1.87 bits per heavy atom. The van der Waals surface area contributed by atoms with E-state index in [-0.39, 0.29) is 17.9 Å². The second-order valence-corrected chi connectivity index (χ2v) is 7.59. The molecular formula is C23H23F2N3O3. The lowest BCUT2D eigenvalue weighted by Crippen LogP contribution is -2.18. The minimum Gasteiger partial charge on any atom is -0.465 e. The molecule has 162 valence electrons. The van der Waals surface area contributed by atoms with Gasteiger partial charge in [-0.1, -0.05) is 19.9 Å². The van der Waals surface area contributed by atoms with Gasteiger partial charge in [0, 0.05) is 18.9 Å². The summed E-state index contributed by atoms with van der Waals surface area (Å²) in [5.74, 6) is -2.14. The SMILES string of the molecule is COC(=O)c1ccc(NC(=O)c2cc(CC(C)C)cn2Cc2ccc(F)c(F)c2)nc1. The summed E-state index contributed by atoms with van der Waals surface area (Å²) in [7, 11) is 1.27. The minimum absolute atomic E-state index is 0.201. The molecule has 0 aliphatic carbocycles. The number of halogens is 2. The first-order chi connectivity index (χ1) is 14.8. The molecule has 0 bridgehead atoms. The second-order valence-electron chi connectivity index (χ2n) is 7.59. The van der Waals surface area contributed by atoms with Gasteiger partial charge in [0.2, 0.25) is 0 Å². The third-order valence-electron chi connectivity index (χ3n) is 4.59. The van der Waals surface area contributed by atoms with Gasteiger partial charge in [-0.15, -0.1) is 0 Å². The number of pyridine rings is 1. The van der Waals surface area contributed by atoms with Crippen LogP contribution in [0.3, 0.4) is 0 Å². The largest absolute Gasteiger partial charge is 0.465 e. The van der Waals surface area contributed by atoms with E-state index in [0.717, 1.165) is 24.1 Å². The van der Waals surface area contributed by atoms with E-state index in [4.69, 9.17) is 0 Å². The van der Waals surface area contributed by atoms with Gasteiger partial charge in [-0.3, -0.25) is 4.79 Å². The molecular weight excluding hydrogens is 404 g/mol. The third-order valence-corrected chi connectivity index (χ3v) is 4.59. The smallest absolute Gasteiger partial charge is 0.339 e. The lowest BCUT2D eigenvalue weighted by molar-refractivity contribution is 0.0600. The summed E-state index contributed by atoms with van der Waals surface area (Å²) in [5.41, 5.74) is 2.11. The van der Waals surface area contributed by atoms with Gasteiger partial charge in [-0.25, -0.2) is 18.6 Å². The van der Waals surface area contributed by atoms with Crippen molar-refractivity contribution in [3.63, 3.8) is 0 Å². The van der Waals surface area contributed by atoms with Crippen LogP contribution < -0.4 is 5.32 Å². The van der Waals surface area contributed by atoms with Crippen molar-refractivity contribution in [1.82, 2.24) is 9.55 Å². The molecule has 0 radical (unpaired) electrons. The van der Waals surface area contributed by atoms with Gasteiger partial charge in [0.1, 0.15) is 11.5 Å². The first-order valence-electron chi connectivity index (χ1n) is 9.75. The van der Waals surface area contributed by atoms with Gasteiger partial charge in [0.15, 0.2) is 11.6 Å². The van der Waals surface area contributed by atoms with Crippen LogP contribution in [-0.4, -0.2) is 28.5 Å². The molecule has 2 heterocycles. The number of hydrogen-bond acceptors (Lipinski definition) is 4. The number of carbonyl (C=O) groups excluding carboxylic acids is 2. The number of anilines is 1. The van der Waals surface area contributed by atoms with Crippen LogP contribution in [0.4, 0.5) is 14.6 Å². The summed E-state index contributed by atoms with van der Waals surface area (Å²) in [6, 6.07) is 8.44. The summed E-state index contributed by atoms with van der Waals surface area (Å²) < 4.78 is 33.2. The molecule has 0 aliphatic rings. The zero-order valence-electron chi connectivity index (χ0n) is 17.5. The number of methoxy groups -OCH3 is 1. The van der Waals surface area contributed by atoms with Crippen molar-refractivity contribution in [3.8, 4) is 0 Å². The molecule has 0 aliphatic heterocycles. The normalized spacial score (nSPS) is 10.9. The van der Waals surface area contributed by atoms with E-state index in [9.17, 15) is 18.4 Å². The van der Waals surface area contributed by atoms with Gasteiger partial charge in [0.05, 0.1) is 12.7 Å². The fourth-order valence-corrected chi connectivity index (χ4v) is 3.20. The average Bonchev–Trinajstić information content (AvgIpc) is 3.12. The molecule has 1 amide bonds. The van der Waals surface area contributed by atoms with Crippen LogP contribution in [0.15, 0.2) is 48.8 Å². The summed E-state index contributed by atoms with van der Waals surface area (Å²) in [4.78, 5) is 28.5. The van der Waals surface area contributed by atoms with Gasteiger partial charge in [0.25, 0.3) is 5.91 Å². The molecule has 1 aromatic carbocycles. The number of nitrogens with one attached hydrogen (secondary N) is 1. The lowest BCUT2D eigenvalue weighted by Gasteiger charge is -2.10. The number of esters is 1. The maximum atomic E-state index is 13.6. The lowest BCUT2D eigenvalue weighted by atomic mass is 10.1. The molecule has 1 N–H and O–H groups in total. The van der Waals surface area contributed by atoms with E-state index in [1.165, 1.54) is 31.5 Å². The van der Waals surface area contributed by atoms with Crippen molar-refractivity contribution in [1.29, 1.82) is 0 Å². The van der Waals surface area contributed by atoms with Crippen LogP contribution in [0.5, 0.6) is 0 Å². The first-order valence-corrected chi connectivity index (χ1v) is 9.75. The highest BCUT2D eigenvalue weighted by Gasteiger charge is 2.17. The molecule has 0 saturated heterocycles. The van der Waals surface area contributed by atoms with Crippen molar-refractivity contribution in [2.75, 3.05) is 12.4 Å². The predicted molar refractivity (Wildman–Crippen MR) is 112 cm³/mol. The van der Waals surface area contributed by atoms with Crippen LogP contribution in [0.1, 0.15) is 45.8 Å². The highest BCUT2D eigenvalue weighted by atomic mass is 19.2. The predicted octanol–water partition coefficient (Wildman–Crippen LogP) is 4.45. The third kappa shape index (κ3) is 5.53. The number of hydrogen-bond donors (Lipinski definition) is 1. The zero-order valence-corrected chi connectivity index (χ0v) is 17.5. The summed E-state index contributed by atoms with van der Waals surface area (Å²) in [6.07, 6.45) is 3.91. The zero-order chi connectivity index (χ0) is 22.5. The monoisotopic (exact) mass is 427 g/mol. The van der Waals surface area contributed by atoms with E-state index in [0.29, 0.717) is 17.2 Å². The quantitative estimate of drug-likeness (QED) is 0.566. The van der Waals surface area contributed by atoms with E-state index >= 15 is 0 Å². The van der Waals surface area contributed by atoms with Gasteiger partial charge < -0.3 is 14.6 Å². The molecule has 0 spiro atoms. The molecule has 3 rings (SSSR count). The van der Waals surface area contributed by atoms with Crippen molar-refractivity contribution in [3.05, 3.63) is 82.8 Å². The van der Waals surface area contributed by atoms with Crippen molar-refractivity contribution in [2.24, 2.45) is 5.92 Å². The highest BCUT2D eigenvalue weighted by Crippen LogP contribution is 2.18. The number of carbonyl (C=O) groups is 2. The molecule has 3 aromatic rings. The van der Waals surface area contributed by atoms with Crippen LogP contribution in [-0.2, 0) is 17.7 Å². The maximum Gasteiger partial charge on any atom is 0.339 e. The van der Waals surface area contributed by atoms with Gasteiger partial charge in [-0.05, 0) is 53.8 Å². The highest BCUT2D eigenvalue weighted by molar-refractivity contribution is 6.03. The topological polar surface area (TPSA) is 73.2 Å². The summed E-state index contributed by atoms with van der Waals surface area (Å²) in [6.45, 7) is 4.34. The van der Waals surface area contributed by atoms with Crippen molar-refractivity contribution < 1.29 is 23.1 Å². The van der Waals surface area contributed by atoms with Crippen molar-refractivity contribution >= 4 is 17.7 Å². The molecule has 31 heavy (non-hydrogen) atoms. The van der Waals surface area contributed by atoms with Crippen molar-refractivity contribution in [2.45, 2.75) is 26.8 Å². The van der Waals surface area contributed by atoms with Crippen LogP contribution in [0.25, 0.3) is 0 Å². The van der Waals surface area contributed by atoms with E-state index in [2.05, 4.69) is 28.9 Å². The Bertz CT molecular complexity index is 1090. The number of amides is 1. The maximum absolute atomic E-state index is 13.6. The molecule has 2 aromatic heterocycles. The Morgan fingerprint density at radius 3 is 2.48 bits per heavy atom. The number of benzene rings is 1. The van der Waals surface area contributed by atoms with Gasteiger partial charge in [-0.2, -0.15) is 0 Å². The number of nitrogens with zero attached hydrogens (tertiary/aromatic N) is 2. The molecule has 6 nitrogen and oxygen atoms in total. The number of rotatable bonds is 7. The van der Waals surface area contributed by atoms with Crippen LogP contribution in [0.2, 0.25) is 0 Å². The Kier molecular flexibility index (Phi) is 6.79. The van der Waals surface area contributed by atoms with Crippen LogP contribution >= 0.6 is 0 Å². The minimum atomic E-state index is -0.937. The number of ether oxygens (including phenoxy) is 1. The molecule has 0 fully saturated rings. The first kappa shape index (κ1) is 22.1. The Labute approximate surface area is 178 Å². The number of aromatic nitrogens is 2. The second kappa shape index (κ2) is 9.51. The van der Waals surface area contributed by atoms with E-state index in [1.807, 2.05) is 6.20 Å². The Balaban J connectivity index is 1.85. The molecule has 8 heteroatoms. The summed E-state index contributed by atoms with van der Waals surface area (Å²) >= 11 is 0.